The first-order valence-electron chi connectivity index (χ1n) is 5.66. The van der Waals surface area contributed by atoms with Gasteiger partial charge in [-0.3, -0.25) is 4.79 Å². The van der Waals surface area contributed by atoms with Gasteiger partial charge in [0.15, 0.2) is 0 Å². The largest absolute Gasteiger partial charge is 0.465 e. The number of esters is 1. The second-order valence-corrected chi connectivity index (χ2v) is 4.16. The molecule has 1 heterocycles. The van der Waals surface area contributed by atoms with Gasteiger partial charge in [0.25, 0.3) is 0 Å². The molecule has 0 radical (unpaired) electrons. The topological polar surface area (TPSA) is 66.8 Å². The summed E-state index contributed by atoms with van der Waals surface area (Å²) in [7, 11) is 0. The van der Waals surface area contributed by atoms with Gasteiger partial charge < -0.3 is 14.9 Å². The van der Waals surface area contributed by atoms with Gasteiger partial charge in [-0.15, -0.1) is 0 Å². The zero-order valence-corrected chi connectivity index (χ0v) is 9.19. The Bertz CT molecular complexity index is 205. The van der Waals surface area contributed by atoms with E-state index in [1.165, 1.54) is 0 Å². The smallest absolute Gasteiger partial charge is 0.312 e. The second kappa shape index (κ2) is 6.08. The Hall–Kier alpha value is -0.610. The lowest BCUT2D eigenvalue weighted by Gasteiger charge is -2.18. The van der Waals surface area contributed by atoms with E-state index in [9.17, 15) is 9.90 Å². The molecule has 0 aromatic carbocycles. The first kappa shape index (κ1) is 12.5. The van der Waals surface area contributed by atoms with E-state index in [1.807, 2.05) is 0 Å². The molecule has 0 unspecified atom stereocenters. The number of aliphatic hydroxyl groups excluding tert-OH is 2. The maximum absolute atomic E-state index is 11.3. The molecule has 1 rings (SSSR count). The Morgan fingerprint density at radius 2 is 2.27 bits per heavy atom. The fourth-order valence-corrected chi connectivity index (χ4v) is 2.00. The molecular weight excluding hydrogens is 196 g/mol. The summed E-state index contributed by atoms with van der Waals surface area (Å²) in [6.07, 6.45) is 3.01. The van der Waals surface area contributed by atoms with Gasteiger partial charge in [-0.1, -0.05) is 26.2 Å². The van der Waals surface area contributed by atoms with Crippen LogP contribution in [0.15, 0.2) is 0 Å². The van der Waals surface area contributed by atoms with E-state index in [0.717, 1.165) is 19.3 Å². The molecule has 1 saturated heterocycles. The highest BCUT2D eigenvalue weighted by Gasteiger charge is 2.40. The van der Waals surface area contributed by atoms with Crippen molar-refractivity contribution in [1.82, 2.24) is 0 Å². The summed E-state index contributed by atoms with van der Waals surface area (Å²) in [5.74, 6) is -1.11. The van der Waals surface area contributed by atoms with Gasteiger partial charge in [0.1, 0.15) is 0 Å². The number of carbonyl (C=O) groups is 1. The maximum Gasteiger partial charge on any atom is 0.312 e. The molecule has 0 saturated carbocycles. The van der Waals surface area contributed by atoms with Gasteiger partial charge in [0.05, 0.1) is 25.2 Å². The van der Waals surface area contributed by atoms with E-state index >= 15 is 0 Å². The minimum absolute atomic E-state index is 0.0960. The molecule has 0 spiro atoms. The quantitative estimate of drug-likeness (QED) is 0.507. The van der Waals surface area contributed by atoms with Crippen LogP contribution < -0.4 is 0 Å². The van der Waals surface area contributed by atoms with Crippen molar-refractivity contribution in [2.45, 2.75) is 38.7 Å². The van der Waals surface area contributed by atoms with Crippen LogP contribution in [-0.4, -0.2) is 35.5 Å². The lowest BCUT2D eigenvalue weighted by atomic mass is 9.88. The molecule has 4 heteroatoms. The zero-order valence-electron chi connectivity index (χ0n) is 9.19. The number of hydrogen-bond donors (Lipinski definition) is 2. The summed E-state index contributed by atoms with van der Waals surface area (Å²) in [5, 5.41) is 18.9. The van der Waals surface area contributed by atoms with Crippen LogP contribution in [0.5, 0.6) is 0 Å². The number of ether oxygens (including phenoxy) is 1. The van der Waals surface area contributed by atoms with Gasteiger partial charge in [0, 0.05) is 5.92 Å². The Morgan fingerprint density at radius 3 is 2.87 bits per heavy atom. The summed E-state index contributed by atoms with van der Waals surface area (Å²) in [6.45, 7) is 2.23. The number of cyclic esters (lactones) is 1. The van der Waals surface area contributed by atoms with Crippen LogP contribution in [0.4, 0.5) is 0 Å². The number of hydrogen-bond acceptors (Lipinski definition) is 4. The third-order valence-corrected chi connectivity index (χ3v) is 2.97. The van der Waals surface area contributed by atoms with Gasteiger partial charge >= 0.3 is 5.97 Å². The third-order valence-electron chi connectivity index (χ3n) is 2.97. The summed E-state index contributed by atoms with van der Waals surface area (Å²) >= 11 is 0. The van der Waals surface area contributed by atoms with Crippen LogP contribution in [0.3, 0.4) is 0 Å². The number of rotatable bonds is 6. The molecule has 2 N–H and O–H groups in total. The van der Waals surface area contributed by atoms with Crippen molar-refractivity contribution in [3.63, 3.8) is 0 Å². The van der Waals surface area contributed by atoms with Crippen molar-refractivity contribution in [3.05, 3.63) is 0 Å². The van der Waals surface area contributed by atoms with Gasteiger partial charge in [-0.2, -0.15) is 0 Å². The molecule has 0 bridgehead atoms. The molecule has 1 aliphatic heterocycles. The van der Waals surface area contributed by atoms with Crippen molar-refractivity contribution < 1.29 is 19.7 Å². The van der Waals surface area contributed by atoms with Crippen LogP contribution in [0.1, 0.15) is 32.6 Å². The predicted molar refractivity (Wildman–Crippen MR) is 55.2 cm³/mol. The Balaban J connectivity index is 2.41. The normalized spacial score (nSPS) is 27.8. The average molecular weight is 216 g/mol. The zero-order chi connectivity index (χ0) is 11.3. The Kier molecular flexibility index (Phi) is 5.05. The van der Waals surface area contributed by atoms with Crippen molar-refractivity contribution in [2.24, 2.45) is 11.8 Å². The highest BCUT2D eigenvalue weighted by molar-refractivity contribution is 5.75. The molecule has 4 nitrogen and oxygen atoms in total. The summed E-state index contributed by atoms with van der Waals surface area (Å²) < 4.78 is 4.84. The van der Waals surface area contributed by atoms with Gasteiger partial charge in [-0.05, 0) is 6.42 Å². The number of unbranched alkanes of at least 4 members (excludes halogenated alkanes) is 2. The van der Waals surface area contributed by atoms with Crippen LogP contribution >= 0.6 is 0 Å². The van der Waals surface area contributed by atoms with Crippen LogP contribution in [0.25, 0.3) is 0 Å². The molecule has 0 amide bonds. The minimum Gasteiger partial charge on any atom is -0.465 e. The van der Waals surface area contributed by atoms with E-state index in [1.54, 1.807) is 0 Å². The van der Waals surface area contributed by atoms with Crippen molar-refractivity contribution in [3.8, 4) is 0 Å². The standard InChI is InChI=1S/C11H20O4/c1-2-3-4-5-9(13)10-8(6-12)7-15-11(10)14/h8-10,12-13H,2-7H2,1H3/t8-,9+,10-/m1/s1. The van der Waals surface area contributed by atoms with E-state index in [4.69, 9.17) is 9.84 Å². The Labute approximate surface area is 90.2 Å². The molecule has 1 aliphatic rings. The Morgan fingerprint density at radius 1 is 1.53 bits per heavy atom. The average Bonchev–Trinajstić information content (AvgIpc) is 2.59. The lowest BCUT2D eigenvalue weighted by molar-refractivity contribution is -0.144. The fourth-order valence-electron chi connectivity index (χ4n) is 2.00. The maximum atomic E-state index is 11.3. The summed E-state index contributed by atoms with van der Waals surface area (Å²) in [6, 6.07) is 0. The highest BCUT2D eigenvalue weighted by Crippen LogP contribution is 2.27. The van der Waals surface area contributed by atoms with Crippen LogP contribution in [-0.2, 0) is 9.53 Å². The third kappa shape index (κ3) is 3.18. The summed E-state index contributed by atoms with van der Waals surface area (Å²) in [5.41, 5.74) is 0. The van der Waals surface area contributed by atoms with Crippen molar-refractivity contribution in [2.75, 3.05) is 13.2 Å². The van der Waals surface area contributed by atoms with E-state index in [-0.39, 0.29) is 25.1 Å². The molecule has 1 fully saturated rings. The second-order valence-electron chi connectivity index (χ2n) is 4.16. The van der Waals surface area contributed by atoms with Crippen molar-refractivity contribution >= 4 is 5.97 Å². The van der Waals surface area contributed by atoms with Crippen LogP contribution in [0.2, 0.25) is 0 Å². The molecule has 15 heavy (non-hydrogen) atoms. The first-order valence-corrected chi connectivity index (χ1v) is 5.66. The van der Waals surface area contributed by atoms with E-state index < -0.39 is 12.0 Å². The van der Waals surface area contributed by atoms with Crippen molar-refractivity contribution in [1.29, 1.82) is 0 Å². The molecule has 88 valence electrons. The predicted octanol–water partition coefficient (Wildman–Crippen LogP) is 0.709. The van der Waals surface area contributed by atoms with E-state index in [0.29, 0.717) is 6.42 Å². The van der Waals surface area contributed by atoms with Gasteiger partial charge in [0.2, 0.25) is 0 Å². The van der Waals surface area contributed by atoms with Gasteiger partial charge in [-0.25, -0.2) is 0 Å². The molecular formula is C11H20O4. The number of aliphatic hydroxyl groups is 2. The fraction of sp³-hybridized carbons (Fsp3) is 0.909. The monoisotopic (exact) mass is 216 g/mol. The first-order chi connectivity index (χ1) is 7.20. The molecule has 0 aromatic rings. The van der Waals surface area contributed by atoms with Crippen LogP contribution in [0, 0.1) is 11.8 Å². The molecule has 0 aliphatic carbocycles. The molecule has 3 atom stereocenters. The molecule has 0 aromatic heterocycles. The highest BCUT2D eigenvalue weighted by atomic mass is 16.5. The summed E-state index contributed by atoms with van der Waals surface area (Å²) in [4.78, 5) is 11.3. The lowest BCUT2D eigenvalue weighted by Crippen LogP contribution is -2.31. The SMILES string of the molecule is CCCCC[C@H](O)[C@@H]1C(=O)OC[C@H]1CO. The van der Waals surface area contributed by atoms with E-state index in [2.05, 4.69) is 6.92 Å². The number of carbonyl (C=O) groups excluding carboxylic acids is 1. The minimum atomic E-state index is -0.663.